The summed E-state index contributed by atoms with van der Waals surface area (Å²) in [5, 5.41) is 0. The van der Waals surface area contributed by atoms with E-state index >= 15 is 0 Å². The van der Waals surface area contributed by atoms with Crippen molar-refractivity contribution < 1.29 is 9.53 Å². The summed E-state index contributed by atoms with van der Waals surface area (Å²) in [6.07, 6.45) is 3.53. The molecular weight excluding hydrogens is 310 g/mol. The van der Waals surface area contributed by atoms with E-state index in [1.54, 1.807) is 6.20 Å². The maximum atomic E-state index is 11.8. The number of ether oxygens (including phenoxy) is 1. The third kappa shape index (κ3) is 3.37. The van der Waals surface area contributed by atoms with Gasteiger partial charge in [0.1, 0.15) is 0 Å². The lowest BCUT2D eigenvalue weighted by molar-refractivity contribution is -0.148. The van der Waals surface area contributed by atoms with Gasteiger partial charge in [-0.3, -0.25) is 4.79 Å². The van der Waals surface area contributed by atoms with Crippen LogP contribution in [-0.2, 0) is 9.53 Å². The largest absolute Gasteiger partial charge is 0.466 e. The molecule has 6 heteroatoms. The Balaban J connectivity index is 2.10. The molecule has 0 aliphatic carbocycles. The van der Waals surface area contributed by atoms with Gasteiger partial charge >= 0.3 is 5.97 Å². The second-order valence-electron chi connectivity index (χ2n) is 4.60. The van der Waals surface area contributed by atoms with Crippen molar-refractivity contribution in [2.24, 2.45) is 5.92 Å². The number of nitrogens with zero attached hydrogens (tertiary/aromatic N) is 2. The molecule has 0 amide bonds. The maximum absolute atomic E-state index is 11.8. The quantitative estimate of drug-likeness (QED) is 0.862. The molecule has 1 aromatic heterocycles. The number of pyridine rings is 1. The van der Waals surface area contributed by atoms with E-state index in [-0.39, 0.29) is 11.9 Å². The molecule has 0 aromatic carbocycles. The van der Waals surface area contributed by atoms with Crippen molar-refractivity contribution in [2.45, 2.75) is 19.8 Å². The van der Waals surface area contributed by atoms with Crippen LogP contribution in [0.2, 0.25) is 0 Å². The molecule has 0 saturated carbocycles. The van der Waals surface area contributed by atoms with E-state index < -0.39 is 0 Å². The van der Waals surface area contributed by atoms with Crippen molar-refractivity contribution in [2.75, 3.05) is 30.3 Å². The molecule has 0 spiro atoms. The highest BCUT2D eigenvalue weighted by atomic mass is 79.9. The minimum atomic E-state index is -0.122. The molecule has 1 aliphatic rings. The Morgan fingerprint density at radius 1 is 1.68 bits per heavy atom. The summed E-state index contributed by atoms with van der Waals surface area (Å²) in [6, 6.07) is 1.83. The van der Waals surface area contributed by atoms with Gasteiger partial charge in [0, 0.05) is 23.8 Å². The molecule has 0 bridgehead atoms. The molecule has 1 atom stereocenters. The molecule has 2 N–H and O–H groups in total. The van der Waals surface area contributed by atoms with Gasteiger partial charge in [0.2, 0.25) is 0 Å². The Morgan fingerprint density at radius 2 is 2.47 bits per heavy atom. The van der Waals surface area contributed by atoms with E-state index in [1.807, 2.05) is 13.0 Å². The van der Waals surface area contributed by atoms with Crippen LogP contribution in [0.1, 0.15) is 19.8 Å². The predicted molar refractivity (Wildman–Crippen MR) is 77.9 cm³/mol. The SMILES string of the molecule is CCOC(=O)C1CCCN(c2ncc(Br)cc2N)C1. The van der Waals surface area contributed by atoms with E-state index in [0.717, 1.165) is 29.7 Å². The van der Waals surface area contributed by atoms with Crippen LogP contribution in [0, 0.1) is 5.92 Å². The number of nitrogens with two attached hydrogens (primary N) is 1. The van der Waals surface area contributed by atoms with Crippen LogP contribution in [0.3, 0.4) is 0 Å². The van der Waals surface area contributed by atoms with E-state index in [2.05, 4.69) is 25.8 Å². The van der Waals surface area contributed by atoms with Gasteiger partial charge in [-0.15, -0.1) is 0 Å². The van der Waals surface area contributed by atoms with Crippen LogP contribution >= 0.6 is 15.9 Å². The number of hydrogen-bond donors (Lipinski definition) is 1. The fraction of sp³-hybridized carbons (Fsp3) is 0.538. The fourth-order valence-corrected chi connectivity index (χ4v) is 2.68. The summed E-state index contributed by atoms with van der Waals surface area (Å²) in [5.41, 5.74) is 6.61. The van der Waals surface area contributed by atoms with Gasteiger partial charge < -0.3 is 15.4 Å². The average molecular weight is 328 g/mol. The van der Waals surface area contributed by atoms with Crippen molar-refractivity contribution >= 4 is 33.4 Å². The Morgan fingerprint density at radius 3 is 3.16 bits per heavy atom. The summed E-state index contributed by atoms with van der Waals surface area (Å²) in [4.78, 5) is 18.2. The van der Waals surface area contributed by atoms with Crippen LogP contribution in [0.5, 0.6) is 0 Å². The number of carbonyl (C=O) groups is 1. The summed E-state index contributed by atoms with van der Waals surface area (Å²) >= 11 is 3.34. The highest BCUT2D eigenvalue weighted by molar-refractivity contribution is 9.10. The van der Waals surface area contributed by atoms with Crippen LogP contribution < -0.4 is 10.6 Å². The lowest BCUT2D eigenvalue weighted by Gasteiger charge is -2.33. The third-order valence-electron chi connectivity index (χ3n) is 3.20. The zero-order chi connectivity index (χ0) is 13.8. The van der Waals surface area contributed by atoms with Crippen molar-refractivity contribution in [1.82, 2.24) is 4.98 Å². The maximum Gasteiger partial charge on any atom is 0.310 e. The molecule has 1 aromatic rings. The van der Waals surface area contributed by atoms with Gasteiger partial charge in [-0.1, -0.05) is 0 Å². The number of anilines is 2. The van der Waals surface area contributed by atoms with Crippen molar-refractivity contribution in [3.8, 4) is 0 Å². The van der Waals surface area contributed by atoms with E-state index in [4.69, 9.17) is 10.5 Å². The standard InChI is InChI=1S/C13H18BrN3O2/c1-2-19-13(18)9-4-3-5-17(8-9)12-11(15)6-10(14)7-16-12/h6-7,9H,2-5,8,15H2,1H3. The van der Waals surface area contributed by atoms with Crippen molar-refractivity contribution in [3.63, 3.8) is 0 Å². The Kier molecular flexibility index (Phi) is 4.63. The minimum Gasteiger partial charge on any atom is -0.466 e. The normalized spacial score (nSPS) is 19.3. The molecule has 1 aliphatic heterocycles. The van der Waals surface area contributed by atoms with Gasteiger partial charge in [-0.2, -0.15) is 0 Å². The van der Waals surface area contributed by atoms with Crippen LogP contribution in [0.15, 0.2) is 16.7 Å². The molecule has 1 fully saturated rings. The number of nitrogen functional groups attached to an aromatic ring is 1. The summed E-state index contributed by atoms with van der Waals surface area (Å²) < 4.78 is 5.94. The number of carbonyl (C=O) groups excluding carboxylic acids is 1. The second-order valence-corrected chi connectivity index (χ2v) is 5.52. The summed E-state index contributed by atoms with van der Waals surface area (Å²) in [6.45, 7) is 3.74. The monoisotopic (exact) mass is 327 g/mol. The first-order valence-electron chi connectivity index (χ1n) is 6.44. The van der Waals surface area contributed by atoms with Gasteiger partial charge in [0.05, 0.1) is 18.2 Å². The topological polar surface area (TPSA) is 68.5 Å². The van der Waals surface area contributed by atoms with Gasteiger partial charge in [0.15, 0.2) is 5.82 Å². The zero-order valence-electron chi connectivity index (χ0n) is 10.9. The summed E-state index contributed by atoms with van der Waals surface area (Å²) in [5.74, 6) is 0.540. The number of rotatable bonds is 3. The summed E-state index contributed by atoms with van der Waals surface area (Å²) in [7, 11) is 0. The molecule has 5 nitrogen and oxygen atoms in total. The molecule has 104 valence electrons. The highest BCUT2D eigenvalue weighted by Crippen LogP contribution is 2.28. The lowest BCUT2D eigenvalue weighted by atomic mass is 9.98. The zero-order valence-corrected chi connectivity index (χ0v) is 12.5. The smallest absolute Gasteiger partial charge is 0.310 e. The first kappa shape index (κ1) is 14.1. The Bertz CT molecular complexity index is 467. The number of aromatic nitrogens is 1. The van der Waals surface area contributed by atoms with Gasteiger partial charge in [-0.05, 0) is 41.8 Å². The lowest BCUT2D eigenvalue weighted by Crippen LogP contribution is -2.40. The van der Waals surface area contributed by atoms with Crippen LogP contribution in [0.25, 0.3) is 0 Å². The van der Waals surface area contributed by atoms with Crippen LogP contribution in [0.4, 0.5) is 11.5 Å². The highest BCUT2D eigenvalue weighted by Gasteiger charge is 2.28. The van der Waals surface area contributed by atoms with Gasteiger partial charge in [-0.25, -0.2) is 4.98 Å². The Hall–Kier alpha value is -1.30. The Labute approximate surface area is 121 Å². The molecule has 1 unspecified atom stereocenters. The van der Waals surface area contributed by atoms with Crippen molar-refractivity contribution in [1.29, 1.82) is 0 Å². The van der Waals surface area contributed by atoms with Crippen molar-refractivity contribution in [3.05, 3.63) is 16.7 Å². The van der Waals surface area contributed by atoms with Gasteiger partial charge in [0.25, 0.3) is 0 Å². The van der Waals surface area contributed by atoms with Crippen LogP contribution in [-0.4, -0.2) is 30.6 Å². The number of esters is 1. The number of hydrogen-bond acceptors (Lipinski definition) is 5. The second kappa shape index (κ2) is 6.23. The minimum absolute atomic E-state index is 0.0847. The van der Waals surface area contributed by atoms with E-state index in [9.17, 15) is 4.79 Å². The molecule has 0 radical (unpaired) electrons. The molecule has 1 saturated heterocycles. The number of halogens is 1. The number of piperidine rings is 1. The van der Waals surface area contributed by atoms with E-state index in [1.165, 1.54) is 0 Å². The fourth-order valence-electron chi connectivity index (χ4n) is 2.33. The first-order valence-corrected chi connectivity index (χ1v) is 7.23. The third-order valence-corrected chi connectivity index (χ3v) is 3.64. The first-order chi connectivity index (χ1) is 9.11. The molecule has 2 heterocycles. The van der Waals surface area contributed by atoms with E-state index in [0.29, 0.717) is 18.8 Å². The predicted octanol–water partition coefficient (Wildman–Crippen LogP) is 2.21. The molecule has 19 heavy (non-hydrogen) atoms. The molecule has 2 rings (SSSR count). The average Bonchev–Trinajstić information content (AvgIpc) is 2.39. The molecular formula is C13H18BrN3O2.